The molecule has 0 bridgehead atoms. The maximum absolute atomic E-state index is 12.3. The van der Waals surface area contributed by atoms with E-state index in [1.165, 1.54) is 18.3 Å². The lowest BCUT2D eigenvalue weighted by Gasteiger charge is -2.11. The van der Waals surface area contributed by atoms with Crippen molar-refractivity contribution in [2.24, 2.45) is 0 Å². The first-order valence-corrected chi connectivity index (χ1v) is 6.05. The topological polar surface area (TPSA) is 54.3 Å². The Bertz CT molecular complexity index is 402. The first-order chi connectivity index (χ1) is 8.94. The Morgan fingerprint density at radius 2 is 2.05 bits per heavy atom. The third-order valence-corrected chi connectivity index (χ3v) is 2.53. The van der Waals surface area contributed by atoms with Gasteiger partial charge in [-0.25, -0.2) is 0 Å². The maximum Gasteiger partial charge on any atom is 0.406 e. The molecule has 1 amide bonds. The molecule has 2 N–H and O–H groups in total. The normalized spacial score (nSPS) is 11.6. The standard InChI is InChI=1S/C12H17F3N2O2/c13-12(14,15)9-17-7-4-5-10(17)11(19)16-6-2-1-3-8-18/h4-5,7,18H,1-3,6,8-9H2,(H,16,19). The molecule has 0 radical (unpaired) electrons. The van der Waals surface area contributed by atoms with Crippen LogP contribution in [0.1, 0.15) is 29.8 Å². The summed E-state index contributed by atoms with van der Waals surface area (Å²) < 4.78 is 37.7. The summed E-state index contributed by atoms with van der Waals surface area (Å²) in [6, 6.07) is 2.77. The lowest BCUT2D eigenvalue weighted by Crippen LogP contribution is -2.28. The molecule has 1 aromatic heterocycles. The monoisotopic (exact) mass is 278 g/mol. The second-order valence-corrected chi connectivity index (χ2v) is 4.18. The highest BCUT2D eigenvalue weighted by molar-refractivity contribution is 5.92. The van der Waals surface area contributed by atoms with Crippen LogP contribution in [0.25, 0.3) is 0 Å². The summed E-state index contributed by atoms with van der Waals surface area (Å²) in [7, 11) is 0. The fourth-order valence-corrected chi connectivity index (χ4v) is 1.66. The highest BCUT2D eigenvalue weighted by Gasteiger charge is 2.29. The molecule has 7 heteroatoms. The van der Waals surface area contributed by atoms with Gasteiger partial charge in [-0.3, -0.25) is 4.79 Å². The van der Waals surface area contributed by atoms with Gasteiger partial charge in [0, 0.05) is 19.3 Å². The van der Waals surface area contributed by atoms with Gasteiger partial charge in [-0.2, -0.15) is 13.2 Å². The third-order valence-electron chi connectivity index (χ3n) is 2.53. The van der Waals surface area contributed by atoms with Crippen molar-refractivity contribution in [1.29, 1.82) is 0 Å². The molecular formula is C12H17F3N2O2. The summed E-state index contributed by atoms with van der Waals surface area (Å²) in [6.07, 6.45) is -1.02. The number of carbonyl (C=O) groups excluding carboxylic acids is 1. The summed E-state index contributed by atoms with van der Waals surface area (Å²) in [6.45, 7) is -0.689. The van der Waals surface area contributed by atoms with E-state index in [1.54, 1.807) is 0 Å². The summed E-state index contributed by atoms with van der Waals surface area (Å²) in [5, 5.41) is 11.1. The Balaban J connectivity index is 2.46. The lowest BCUT2D eigenvalue weighted by molar-refractivity contribution is -0.140. The van der Waals surface area contributed by atoms with Gasteiger partial charge in [0.25, 0.3) is 5.91 Å². The molecule has 0 saturated heterocycles. The van der Waals surface area contributed by atoms with Crippen LogP contribution in [-0.2, 0) is 6.54 Å². The van der Waals surface area contributed by atoms with E-state index < -0.39 is 18.6 Å². The molecule has 0 spiro atoms. The van der Waals surface area contributed by atoms with Crippen molar-refractivity contribution in [3.63, 3.8) is 0 Å². The van der Waals surface area contributed by atoms with Crippen molar-refractivity contribution in [1.82, 2.24) is 9.88 Å². The average molecular weight is 278 g/mol. The van der Waals surface area contributed by atoms with Gasteiger partial charge >= 0.3 is 6.18 Å². The number of aliphatic hydroxyl groups is 1. The Kier molecular flexibility index (Phi) is 5.88. The zero-order chi connectivity index (χ0) is 14.3. The van der Waals surface area contributed by atoms with Gasteiger partial charge in [-0.1, -0.05) is 0 Å². The molecule has 19 heavy (non-hydrogen) atoms. The van der Waals surface area contributed by atoms with E-state index in [-0.39, 0.29) is 12.3 Å². The number of alkyl halides is 3. The number of hydrogen-bond acceptors (Lipinski definition) is 2. The van der Waals surface area contributed by atoms with Crippen LogP contribution in [-0.4, -0.2) is 34.9 Å². The summed E-state index contributed by atoms with van der Waals surface area (Å²) in [4.78, 5) is 11.7. The molecule has 0 atom stereocenters. The molecule has 0 aliphatic carbocycles. The van der Waals surface area contributed by atoms with Crippen LogP contribution in [0.4, 0.5) is 13.2 Å². The second-order valence-electron chi connectivity index (χ2n) is 4.18. The quantitative estimate of drug-likeness (QED) is 0.749. The van der Waals surface area contributed by atoms with Crippen molar-refractivity contribution in [3.8, 4) is 0 Å². The average Bonchev–Trinajstić information content (AvgIpc) is 2.74. The van der Waals surface area contributed by atoms with E-state index >= 15 is 0 Å². The zero-order valence-corrected chi connectivity index (χ0v) is 10.4. The van der Waals surface area contributed by atoms with Crippen LogP contribution in [0.2, 0.25) is 0 Å². The summed E-state index contributed by atoms with van der Waals surface area (Å²) in [5.41, 5.74) is -0.000479. The van der Waals surface area contributed by atoms with Crippen LogP contribution in [0.5, 0.6) is 0 Å². The number of carbonyl (C=O) groups is 1. The number of rotatable bonds is 7. The predicted octanol–water partition coefficient (Wildman–Crippen LogP) is 1.94. The van der Waals surface area contributed by atoms with Gasteiger partial charge in [0.05, 0.1) is 0 Å². The van der Waals surface area contributed by atoms with Crippen molar-refractivity contribution < 1.29 is 23.1 Å². The van der Waals surface area contributed by atoms with Crippen LogP contribution in [0, 0.1) is 0 Å². The number of aromatic nitrogens is 1. The Hall–Kier alpha value is -1.50. The highest BCUT2D eigenvalue weighted by atomic mass is 19.4. The van der Waals surface area contributed by atoms with Crippen molar-refractivity contribution in [2.75, 3.05) is 13.2 Å². The van der Waals surface area contributed by atoms with Gasteiger partial charge in [-0.05, 0) is 31.4 Å². The Labute approximate surface area is 109 Å². The van der Waals surface area contributed by atoms with Crippen molar-refractivity contribution in [3.05, 3.63) is 24.0 Å². The van der Waals surface area contributed by atoms with E-state index in [2.05, 4.69) is 5.32 Å². The van der Waals surface area contributed by atoms with Gasteiger partial charge in [0.1, 0.15) is 12.2 Å². The molecule has 1 aromatic rings. The van der Waals surface area contributed by atoms with E-state index in [1.807, 2.05) is 0 Å². The minimum atomic E-state index is -4.35. The van der Waals surface area contributed by atoms with Gasteiger partial charge in [0.15, 0.2) is 0 Å². The number of unbranched alkanes of at least 4 members (excludes halogenated alkanes) is 2. The van der Waals surface area contributed by atoms with Gasteiger partial charge in [-0.15, -0.1) is 0 Å². The molecule has 108 valence electrons. The molecule has 1 rings (SSSR count). The smallest absolute Gasteiger partial charge is 0.396 e. The SMILES string of the molecule is O=C(NCCCCCO)c1cccn1CC(F)(F)F. The zero-order valence-electron chi connectivity index (χ0n) is 10.4. The highest BCUT2D eigenvalue weighted by Crippen LogP contribution is 2.18. The van der Waals surface area contributed by atoms with Gasteiger partial charge < -0.3 is 15.0 Å². The van der Waals surface area contributed by atoms with Crippen molar-refractivity contribution in [2.45, 2.75) is 32.0 Å². The fourth-order valence-electron chi connectivity index (χ4n) is 1.66. The summed E-state index contributed by atoms with van der Waals surface area (Å²) in [5.74, 6) is -0.516. The van der Waals surface area contributed by atoms with Gasteiger partial charge in [0.2, 0.25) is 0 Å². The first-order valence-electron chi connectivity index (χ1n) is 6.05. The Morgan fingerprint density at radius 3 is 2.68 bits per heavy atom. The third kappa shape index (κ3) is 5.78. The second kappa shape index (κ2) is 7.18. The molecule has 0 unspecified atom stereocenters. The fraction of sp³-hybridized carbons (Fsp3) is 0.583. The lowest BCUT2D eigenvalue weighted by atomic mass is 10.2. The number of amides is 1. The minimum absolute atomic E-state index is 0.000479. The van der Waals surface area contributed by atoms with Crippen LogP contribution < -0.4 is 5.32 Å². The molecular weight excluding hydrogens is 261 g/mol. The van der Waals surface area contributed by atoms with Crippen LogP contribution in [0.3, 0.4) is 0 Å². The first kappa shape index (κ1) is 15.6. The molecule has 0 aliphatic rings. The summed E-state index contributed by atoms with van der Waals surface area (Å²) >= 11 is 0. The molecule has 4 nitrogen and oxygen atoms in total. The van der Waals surface area contributed by atoms with E-state index in [0.717, 1.165) is 11.0 Å². The molecule has 0 aliphatic heterocycles. The number of halogens is 3. The number of nitrogens with one attached hydrogen (secondary N) is 1. The predicted molar refractivity (Wildman–Crippen MR) is 63.8 cm³/mol. The van der Waals surface area contributed by atoms with Crippen molar-refractivity contribution >= 4 is 5.91 Å². The van der Waals surface area contributed by atoms with Crippen LogP contribution >= 0.6 is 0 Å². The number of nitrogens with zero attached hydrogens (tertiary/aromatic N) is 1. The largest absolute Gasteiger partial charge is 0.406 e. The van der Waals surface area contributed by atoms with E-state index in [0.29, 0.717) is 19.4 Å². The van der Waals surface area contributed by atoms with Crippen LogP contribution in [0.15, 0.2) is 18.3 Å². The molecule has 1 heterocycles. The van der Waals surface area contributed by atoms with E-state index in [9.17, 15) is 18.0 Å². The Morgan fingerprint density at radius 1 is 1.32 bits per heavy atom. The number of aliphatic hydroxyl groups excluding tert-OH is 1. The number of hydrogen-bond donors (Lipinski definition) is 2. The minimum Gasteiger partial charge on any atom is -0.396 e. The maximum atomic E-state index is 12.3. The van der Waals surface area contributed by atoms with E-state index in [4.69, 9.17) is 5.11 Å². The molecule has 0 fully saturated rings. The molecule has 0 saturated carbocycles. The molecule has 0 aromatic carbocycles.